The first-order valence-corrected chi connectivity index (χ1v) is 7.81. The lowest BCUT2D eigenvalue weighted by Crippen LogP contribution is -2.48. The van der Waals surface area contributed by atoms with Crippen molar-refractivity contribution in [1.29, 1.82) is 0 Å². The van der Waals surface area contributed by atoms with Crippen molar-refractivity contribution in [3.63, 3.8) is 0 Å². The molecule has 1 aliphatic carbocycles. The van der Waals surface area contributed by atoms with E-state index in [9.17, 15) is 9.59 Å². The Morgan fingerprint density at radius 2 is 1.86 bits per heavy atom. The number of amides is 2. The molecule has 0 bridgehead atoms. The van der Waals surface area contributed by atoms with Gasteiger partial charge in [0, 0.05) is 18.7 Å². The Balaban J connectivity index is 1.91. The SMILES string of the molecule is CNC(=O)C1CC2CCCCC2N1C(=O)c1ccccc1. The van der Waals surface area contributed by atoms with E-state index >= 15 is 0 Å². The third kappa shape index (κ3) is 2.55. The minimum Gasteiger partial charge on any atom is -0.357 e. The van der Waals surface area contributed by atoms with Crippen LogP contribution in [0.3, 0.4) is 0 Å². The Morgan fingerprint density at radius 3 is 2.57 bits per heavy atom. The topological polar surface area (TPSA) is 49.4 Å². The summed E-state index contributed by atoms with van der Waals surface area (Å²) in [4.78, 5) is 26.9. The summed E-state index contributed by atoms with van der Waals surface area (Å²) >= 11 is 0. The number of likely N-dealkylation sites (N-methyl/N-ethyl adjacent to an activating group) is 1. The minimum absolute atomic E-state index is 0.00130. The summed E-state index contributed by atoms with van der Waals surface area (Å²) in [5.41, 5.74) is 0.678. The van der Waals surface area contributed by atoms with Gasteiger partial charge in [0.2, 0.25) is 5.91 Å². The number of likely N-dealkylation sites (tertiary alicyclic amines) is 1. The summed E-state index contributed by atoms with van der Waals surface area (Å²) in [6, 6.07) is 9.23. The highest BCUT2D eigenvalue weighted by molar-refractivity contribution is 5.98. The molecule has 2 fully saturated rings. The van der Waals surface area contributed by atoms with Gasteiger partial charge in [-0.3, -0.25) is 9.59 Å². The number of carbonyl (C=O) groups excluding carboxylic acids is 2. The molecule has 4 heteroatoms. The maximum Gasteiger partial charge on any atom is 0.254 e. The van der Waals surface area contributed by atoms with E-state index in [4.69, 9.17) is 0 Å². The van der Waals surface area contributed by atoms with Gasteiger partial charge < -0.3 is 10.2 Å². The van der Waals surface area contributed by atoms with Crippen LogP contribution in [0.1, 0.15) is 42.5 Å². The van der Waals surface area contributed by atoms with Gasteiger partial charge in [-0.15, -0.1) is 0 Å². The first-order chi connectivity index (χ1) is 10.2. The summed E-state index contributed by atoms with van der Waals surface area (Å²) in [7, 11) is 1.65. The van der Waals surface area contributed by atoms with Crippen LogP contribution < -0.4 is 5.32 Å². The molecule has 3 rings (SSSR count). The van der Waals surface area contributed by atoms with Gasteiger partial charge in [0.25, 0.3) is 5.91 Å². The van der Waals surface area contributed by atoms with Gasteiger partial charge in [0.1, 0.15) is 6.04 Å². The maximum atomic E-state index is 12.9. The highest BCUT2D eigenvalue weighted by Gasteiger charge is 2.47. The number of hydrogen-bond donors (Lipinski definition) is 1. The van der Waals surface area contributed by atoms with E-state index in [0.717, 1.165) is 25.7 Å². The van der Waals surface area contributed by atoms with Crippen molar-refractivity contribution in [2.75, 3.05) is 7.05 Å². The Morgan fingerprint density at radius 1 is 1.14 bits per heavy atom. The standard InChI is InChI=1S/C17H22N2O2/c1-18-16(20)15-11-13-9-5-6-10-14(13)19(15)17(21)12-7-3-2-4-8-12/h2-4,7-8,13-15H,5-6,9-11H2,1H3,(H,18,20). The first-order valence-electron chi connectivity index (χ1n) is 7.81. The smallest absolute Gasteiger partial charge is 0.254 e. The van der Waals surface area contributed by atoms with E-state index in [0.29, 0.717) is 11.5 Å². The fourth-order valence-corrected chi connectivity index (χ4v) is 3.88. The predicted octanol–water partition coefficient (Wildman–Crippen LogP) is 2.21. The second-order valence-corrected chi connectivity index (χ2v) is 6.06. The van der Waals surface area contributed by atoms with Crippen molar-refractivity contribution >= 4 is 11.8 Å². The predicted molar refractivity (Wildman–Crippen MR) is 80.8 cm³/mol. The molecule has 1 N–H and O–H groups in total. The molecule has 0 radical (unpaired) electrons. The average Bonchev–Trinajstić information content (AvgIpc) is 2.93. The third-order valence-electron chi connectivity index (χ3n) is 4.89. The molecule has 0 spiro atoms. The molecule has 1 aromatic rings. The number of nitrogens with zero attached hydrogens (tertiary/aromatic N) is 1. The van der Waals surface area contributed by atoms with Crippen LogP contribution in [0.5, 0.6) is 0 Å². The molecular formula is C17H22N2O2. The zero-order chi connectivity index (χ0) is 14.8. The largest absolute Gasteiger partial charge is 0.357 e. The van der Waals surface area contributed by atoms with E-state index in [1.54, 1.807) is 7.05 Å². The van der Waals surface area contributed by atoms with Gasteiger partial charge in [-0.1, -0.05) is 31.0 Å². The van der Waals surface area contributed by atoms with Gasteiger partial charge in [-0.2, -0.15) is 0 Å². The normalized spacial score (nSPS) is 28.0. The van der Waals surface area contributed by atoms with Gasteiger partial charge in [-0.05, 0) is 37.3 Å². The van der Waals surface area contributed by atoms with Crippen molar-refractivity contribution in [3.8, 4) is 0 Å². The number of rotatable bonds is 2. The maximum absolute atomic E-state index is 12.9. The molecule has 21 heavy (non-hydrogen) atoms. The highest BCUT2D eigenvalue weighted by atomic mass is 16.2. The monoisotopic (exact) mass is 286 g/mol. The molecule has 1 saturated carbocycles. The van der Waals surface area contributed by atoms with Crippen LogP contribution in [0.25, 0.3) is 0 Å². The summed E-state index contributed by atoms with van der Waals surface area (Å²) < 4.78 is 0. The van der Waals surface area contributed by atoms with E-state index in [-0.39, 0.29) is 23.9 Å². The number of carbonyl (C=O) groups is 2. The quantitative estimate of drug-likeness (QED) is 0.906. The summed E-state index contributed by atoms with van der Waals surface area (Å²) in [5.74, 6) is 0.445. The molecule has 3 unspecified atom stereocenters. The molecule has 3 atom stereocenters. The lowest BCUT2D eigenvalue weighted by atomic mass is 9.84. The number of fused-ring (bicyclic) bond motifs is 1. The van der Waals surface area contributed by atoms with Crippen LogP contribution in [0.15, 0.2) is 30.3 Å². The number of benzene rings is 1. The van der Waals surface area contributed by atoms with E-state index in [2.05, 4.69) is 5.32 Å². The van der Waals surface area contributed by atoms with Crippen LogP contribution in [0.2, 0.25) is 0 Å². The van der Waals surface area contributed by atoms with E-state index < -0.39 is 0 Å². The highest BCUT2D eigenvalue weighted by Crippen LogP contribution is 2.40. The van der Waals surface area contributed by atoms with Crippen molar-refractivity contribution in [2.24, 2.45) is 5.92 Å². The van der Waals surface area contributed by atoms with Crippen molar-refractivity contribution in [3.05, 3.63) is 35.9 Å². The zero-order valence-corrected chi connectivity index (χ0v) is 12.4. The Labute approximate surface area is 125 Å². The second-order valence-electron chi connectivity index (χ2n) is 6.06. The Hall–Kier alpha value is -1.84. The van der Waals surface area contributed by atoms with E-state index in [1.807, 2.05) is 35.2 Å². The second kappa shape index (κ2) is 5.88. The molecule has 1 aliphatic heterocycles. The third-order valence-corrected chi connectivity index (χ3v) is 4.89. The number of hydrogen-bond acceptors (Lipinski definition) is 2. The van der Waals surface area contributed by atoms with Crippen LogP contribution in [-0.2, 0) is 4.79 Å². The van der Waals surface area contributed by atoms with Crippen molar-refractivity contribution in [1.82, 2.24) is 10.2 Å². The molecule has 1 aromatic carbocycles. The van der Waals surface area contributed by atoms with Gasteiger partial charge in [0.05, 0.1) is 0 Å². The minimum atomic E-state index is -0.309. The summed E-state index contributed by atoms with van der Waals surface area (Å²) in [5, 5.41) is 2.72. The molecule has 1 saturated heterocycles. The lowest BCUT2D eigenvalue weighted by molar-refractivity contribution is -0.124. The first kappa shape index (κ1) is 14.1. The van der Waals surface area contributed by atoms with E-state index in [1.165, 1.54) is 6.42 Å². The molecule has 2 amide bonds. The fraction of sp³-hybridized carbons (Fsp3) is 0.529. The van der Waals surface area contributed by atoms with Crippen LogP contribution in [-0.4, -0.2) is 35.8 Å². The van der Waals surface area contributed by atoms with Crippen LogP contribution in [0, 0.1) is 5.92 Å². The summed E-state index contributed by atoms with van der Waals surface area (Å²) in [6.45, 7) is 0. The van der Waals surface area contributed by atoms with Gasteiger partial charge in [-0.25, -0.2) is 0 Å². The molecule has 1 heterocycles. The van der Waals surface area contributed by atoms with Gasteiger partial charge in [0.15, 0.2) is 0 Å². The van der Waals surface area contributed by atoms with Crippen LogP contribution >= 0.6 is 0 Å². The fourth-order valence-electron chi connectivity index (χ4n) is 3.88. The molecule has 112 valence electrons. The molecule has 4 nitrogen and oxygen atoms in total. The molecule has 0 aromatic heterocycles. The number of nitrogens with one attached hydrogen (secondary N) is 1. The Kier molecular flexibility index (Phi) is 3.95. The molecule has 2 aliphatic rings. The van der Waals surface area contributed by atoms with Gasteiger partial charge >= 0.3 is 0 Å². The van der Waals surface area contributed by atoms with Crippen molar-refractivity contribution < 1.29 is 9.59 Å². The zero-order valence-electron chi connectivity index (χ0n) is 12.4. The Bertz CT molecular complexity index is 529. The van der Waals surface area contributed by atoms with Crippen molar-refractivity contribution in [2.45, 2.75) is 44.2 Å². The lowest BCUT2D eigenvalue weighted by Gasteiger charge is -2.33. The average molecular weight is 286 g/mol. The van der Waals surface area contributed by atoms with Crippen LogP contribution in [0.4, 0.5) is 0 Å². The molecular weight excluding hydrogens is 264 g/mol. The summed E-state index contributed by atoms with van der Waals surface area (Å²) in [6.07, 6.45) is 5.34.